The van der Waals surface area contributed by atoms with Gasteiger partial charge < -0.3 is 82.1 Å². The van der Waals surface area contributed by atoms with Gasteiger partial charge in [-0.2, -0.15) is 0 Å². The van der Waals surface area contributed by atoms with Crippen molar-refractivity contribution in [2.45, 2.75) is 24.7 Å². The first kappa shape index (κ1) is 30.8. The number of carboxylic acids is 1. The van der Waals surface area contributed by atoms with Gasteiger partial charge in [0.05, 0.1) is 22.7 Å². The maximum atomic E-state index is 11.5. The van der Waals surface area contributed by atoms with Gasteiger partial charge in [-0.1, -0.05) is 18.5 Å². The van der Waals surface area contributed by atoms with E-state index >= 15 is 0 Å². The largest absolute Gasteiger partial charge is 0.506 e. The molecule has 0 radical (unpaired) electrons. The van der Waals surface area contributed by atoms with Crippen LogP contribution < -0.4 is 10.6 Å². The summed E-state index contributed by atoms with van der Waals surface area (Å²) >= 11 is 6.04. The lowest BCUT2D eigenvalue weighted by Crippen LogP contribution is -2.48. The molecule has 0 aromatic heterocycles. The first-order valence-electron chi connectivity index (χ1n) is 12.0. The van der Waals surface area contributed by atoms with Gasteiger partial charge in [-0.05, 0) is 11.5 Å². The monoisotopic (exact) mass is 628 g/mol. The molecule has 0 spiro atoms. The number of benzene rings is 3. The fourth-order valence-electron chi connectivity index (χ4n) is 5.01. The van der Waals surface area contributed by atoms with Gasteiger partial charge in [-0.3, -0.25) is 0 Å². The van der Waals surface area contributed by atoms with Crippen molar-refractivity contribution in [3.63, 3.8) is 0 Å². The smallest absolute Gasteiger partial charge is 0.343 e. The molecule has 0 saturated carbocycles. The summed E-state index contributed by atoms with van der Waals surface area (Å²) in [4.78, 5) is 11.5. The van der Waals surface area contributed by atoms with Crippen LogP contribution in [0.2, 0.25) is 5.02 Å². The third kappa shape index (κ3) is 4.59. The van der Waals surface area contributed by atoms with Crippen LogP contribution in [-0.4, -0.2) is 96.5 Å². The molecule has 4 rings (SSSR count). The Labute approximate surface area is 244 Å². The number of hydrogen-bond donors (Lipinski definition) is 16. The normalized spacial score (nSPS) is 16.0. The van der Waals surface area contributed by atoms with Gasteiger partial charge in [0.2, 0.25) is 17.2 Å². The van der Waals surface area contributed by atoms with E-state index in [1.807, 2.05) is 5.32 Å². The molecule has 3 aromatic carbocycles. The highest BCUT2D eigenvalue weighted by atomic mass is 35.5. The molecule has 2 unspecified atom stereocenters. The lowest BCUT2D eigenvalue weighted by molar-refractivity contribution is -0.132. The lowest BCUT2D eigenvalue weighted by Gasteiger charge is -2.39. The van der Waals surface area contributed by atoms with Crippen molar-refractivity contribution in [3.05, 3.63) is 21.7 Å². The Morgan fingerprint density at radius 1 is 0.698 bits per heavy atom. The molecule has 0 bridgehead atoms. The molecular formula is C25H25ClN2O15. The SMILES string of the molecule is CC1c2c(Cl)c(O)c(O)c(O)c2C1CNCC(O)(O)Nc1c(O)c(O)c(O)c(-c2c(O)c(O)c(O)c(C(=O)O)c2O)c1O. The Morgan fingerprint density at radius 2 is 1.21 bits per heavy atom. The zero-order valence-corrected chi connectivity index (χ0v) is 22.4. The number of rotatable bonds is 8. The summed E-state index contributed by atoms with van der Waals surface area (Å²) in [5.74, 6) is -20.0. The van der Waals surface area contributed by atoms with Gasteiger partial charge in [0, 0.05) is 18.0 Å². The number of aromatic hydroxyl groups is 11. The Kier molecular flexibility index (Phi) is 7.40. The molecule has 17 nitrogen and oxygen atoms in total. The summed E-state index contributed by atoms with van der Waals surface area (Å²) in [5.41, 5.74) is -4.44. The number of phenolic OH excluding ortho intramolecular Hbond substituents is 9. The zero-order chi connectivity index (χ0) is 32.5. The highest BCUT2D eigenvalue weighted by molar-refractivity contribution is 6.33. The van der Waals surface area contributed by atoms with Gasteiger partial charge in [-0.15, -0.1) is 0 Å². The molecular weight excluding hydrogens is 604 g/mol. The molecule has 0 amide bonds. The number of hydrogen-bond acceptors (Lipinski definition) is 16. The van der Waals surface area contributed by atoms with E-state index in [2.05, 4.69) is 5.32 Å². The molecule has 0 saturated heterocycles. The van der Waals surface area contributed by atoms with Crippen LogP contribution in [0.3, 0.4) is 0 Å². The van der Waals surface area contributed by atoms with Crippen LogP contribution in [0.15, 0.2) is 0 Å². The van der Waals surface area contributed by atoms with Crippen molar-refractivity contribution in [2.24, 2.45) is 0 Å². The summed E-state index contributed by atoms with van der Waals surface area (Å²) in [5, 5.41) is 147. The number of aromatic carboxylic acids is 1. The van der Waals surface area contributed by atoms with Gasteiger partial charge >= 0.3 is 5.97 Å². The third-order valence-corrected chi connectivity index (χ3v) is 7.57. The number of anilines is 1. The quantitative estimate of drug-likeness (QED) is 0.0939. The first-order valence-corrected chi connectivity index (χ1v) is 12.4. The van der Waals surface area contributed by atoms with Crippen molar-refractivity contribution < 1.29 is 76.3 Å². The van der Waals surface area contributed by atoms with Crippen LogP contribution in [0.4, 0.5) is 5.69 Å². The average Bonchev–Trinajstić information content (AvgIpc) is 2.93. The second-order valence-electron chi connectivity index (χ2n) is 9.75. The van der Waals surface area contributed by atoms with Crippen molar-refractivity contribution in [1.82, 2.24) is 5.32 Å². The fraction of sp³-hybridized carbons (Fsp3) is 0.240. The Hall–Kier alpha value is -5.10. The van der Waals surface area contributed by atoms with Crippen LogP contribution in [0.5, 0.6) is 63.2 Å². The zero-order valence-electron chi connectivity index (χ0n) is 21.6. The maximum absolute atomic E-state index is 11.5. The number of carboxylic acid groups (broad SMARTS) is 1. The molecule has 1 aliphatic carbocycles. The minimum Gasteiger partial charge on any atom is -0.506 e. The molecule has 232 valence electrons. The average molecular weight is 629 g/mol. The van der Waals surface area contributed by atoms with Crippen molar-refractivity contribution in [1.29, 1.82) is 0 Å². The molecule has 0 fully saturated rings. The van der Waals surface area contributed by atoms with Crippen LogP contribution in [0.25, 0.3) is 11.1 Å². The summed E-state index contributed by atoms with van der Waals surface area (Å²) in [6.45, 7) is 0.765. The van der Waals surface area contributed by atoms with Crippen molar-refractivity contribution in [3.8, 4) is 74.4 Å². The number of aliphatic hydroxyl groups is 2. The Bertz CT molecular complexity index is 1690. The van der Waals surface area contributed by atoms with E-state index in [1.165, 1.54) is 0 Å². The minimum atomic E-state index is -3.10. The molecule has 16 N–H and O–H groups in total. The first-order chi connectivity index (χ1) is 19.9. The molecule has 0 heterocycles. The third-order valence-electron chi connectivity index (χ3n) is 7.18. The van der Waals surface area contributed by atoms with Crippen molar-refractivity contribution >= 4 is 23.3 Å². The summed E-state index contributed by atoms with van der Waals surface area (Å²) < 4.78 is 0. The summed E-state index contributed by atoms with van der Waals surface area (Å²) in [7, 11) is 0. The van der Waals surface area contributed by atoms with E-state index in [9.17, 15) is 76.3 Å². The van der Waals surface area contributed by atoms with E-state index in [1.54, 1.807) is 6.92 Å². The van der Waals surface area contributed by atoms with E-state index in [-0.39, 0.29) is 23.0 Å². The van der Waals surface area contributed by atoms with Gasteiger partial charge in [0.25, 0.3) is 5.91 Å². The Morgan fingerprint density at radius 3 is 1.77 bits per heavy atom. The van der Waals surface area contributed by atoms with Crippen LogP contribution in [-0.2, 0) is 0 Å². The van der Waals surface area contributed by atoms with Gasteiger partial charge in [0.1, 0.15) is 17.0 Å². The number of carbonyl (C=O) groups is 1. The predicted octanol–water partition coefficient (Wildman–Crippen LogP) is 1.01. The van der Waals surface area contributed by atoms with Gasteiger partial charge in [0.15, 0.2) is 40.2 Å². The molecule has 1 aliphatic rings. The second-order valence-corrected chi connectivity index (χ2v) is 10.1. The number of halogens is 1. The van der Waals surface area contributed by atoms with Crippen LogP contribution in [0.1, 0.15) is 40.2 Å². The minimum absolute atomic E-state index is 0.0939. The fourth-order valence-corrected chi connectivity index (χ4v) is 5.37. The van der Waals surface area contributed by atoms with Gasteiger partial charge in [-0.25, -0.2) is 4.79 Å². The van der Waals surface area contributed by atoms with E-state index in [4.69, 9.17) is 11.6 Å². The van der Waals surface area contributed by atoms with E-state index in [0.29, 0.717) is 5.56 Å². The summed E-state index contributed by atoms with van der Waals surface area (Å²) in [6, 6.07) is 0. The predicted molar refractivity (Wildman–Crippen MR) is 143 cm³/mol. The molecule has 18 heteroatoms. The summed E-state index contributed by atoms with van der Waals surface area (Å²) in [6.07, 6.45) is 0. The highest BCUT2D eigenvalue weighted by Gasteiger charge is 2.42. The molecule has 0 aliphatic heterocycles. The Balaban J connectivity index is 1.66. The van der Waals surface area contributed by atoms with Crippen molar-refractivity contribution in [2.75, 3.05) is 18.4 Å². The topological polar surface area (TPSA) is 324 Å². The molecule has 2 atom stereocenters. The maximum Gasteiger partial charge on any atom is 0.343 e. The molecule has 3 aromatic rings. The second kappa shape index (κ2) is 10.3. The number of fused-ring (bicyclic) bond motifs is 1. The van der Waals surface area contributed by atoms with Crippen LogP contribution >= 0.6 is 11.6 Å². The standard InChI is InChI=1S/C25H25ClN2O15/c1-4-5(7-6(4)11(26)19(35)22(38)15(7)31)2-27-3-25(42,43)28-12-14(30)9(17(33)23(39)20(12)36)8-13(29)10(24(40)41)18(34)21(37)16(8)32/h4-5,27-39,42-43H,2-3H2,1H3,(H,40,41). The van der Waals surface area contributed by atoms with E-state index in [0.717, 1.165) is 0 Å². The van der Waals surface area contributed by atoms with E-state index < -0.39 is 110 Å². The highest BCUT2D eigenvalue weighted by Crippen LogP contribution is 2.61. The number of nitrogens with one attached hydrogen (secondary N) is 2. The lowest BCUT2D eigenvalue weighted by atomic mass is 9.68. The molecule has 43 heavy (non-hydrogen) atoms. The number of phenols is 11. The van der Waals surface area contributed by atoms with Crippen LogP contribution in [0, 0.1) is 0 Å².